The molecule has 3 saturated heterocycles. The third-order valence-corrected chi connectivity index (χ3v) is 11.6. The van der Waals surface area contributed by atoms with E-state index in [0.717, 1.165) is 85.2 Å². The highest BCUT2D eigenvalue weighted by molar-refractivity contribution is 5.94. The minimum atomic E-state index is -0.914. The number of fused-ring (bicyclic) bond motifs is 5. The average Bonchev–Trinajstić information content (AvgIpc) is 3.52. The molecule has 4 aromatic carbocycles. The predicted molar refractivity (Wildman–Crippen MR) is 222 cm³/mol. The highest BCUT2D eigenvalue weighted by Gasteiger charge is 2.41. The number of hydrogen-bond acceptors (Lipinski definition) is 8. The van der Waals surface area contributed by atoms with Crippen molar-refractivity contribution in [2.75, 3.05) is 37.6 Å². The van der Waals surface area contributed by atoms with Crippen molar-refractivity contribution in [3.63, 3.8) is 0 Å². The van der Waals surface area contributed by atoms with Gasteiger partial charge in [0.05, 0.1) is 28.9 Å². The zero-order valence-electron chi connectivity index (χ0n) is 32.0. The molecule has 9 rings (SSSR count). The lowest BCUT2D eigenvalue weighted by molar-refractivity contribution is 0.0837. The number of nitrogens with one attached hydrogen (secondary N) is 2. The van der Waals surface area contributed by atoms with E-state index in [9.17, 15) is 29.7 Å². The minimum Gasteiger partial charge on any atom is -0.506 e. The van der Waals surface area contributed by atoms with E-state index in [2.05, 4.69) is 33.4 Å². The van der Waals surface area contributed by atoms with Gasteiger partial charge in [-0.05, 0) is 117 Å². The maximum absolute atomic E-state index is 13.0. The number of anilines is 1. The number of aromatic amines is 1. The second-order valence-corrected chi connectivity index (χ2v) is 15.1. The first-order chi connectivity index (χ1) is 27.2. The van der Waals surface area contributed by atoms with Gasteiger partial charge in [0, 0.05) is 36.7 Å². The molecule has 0 radical (unpaired) electrons. The third-order valence-electron chi connectivity index (χ3n) is 11.6. The number of aliphatic hydroxyl groups excluding tert-OH is 1. The molecule has 6 aromatic rings. The molecule has 12 nitrogen and oxygen atoms in total. The fraction of sp³-hybridized carbons (Fsp3) is 0.341. The number of unbranched alkanes of at least 4 members (excludes halogenated alkanes) is 1. The van der Waals surface area contributed by atoms with Gasteiger partial charge < -0.3 is 34.9 Å². The molecule has 0 saturated carbocycles. The van der Waals surface area contributed by atoms with Gasteiger partial charge >= 0.3 is 11.8 Å². The topological polar surface area (TPSA) is 164 Å². The number of aliphatic hydroxyl groups is 1. The highest BCUT2D eigenvalue weighted by Crippen LogP contribution is 2.39. The molecule has 3 fully saturated rings. The number of halogens is 2. The first-order valence-electron chi connectivity index (χ1n) is 19.5. The summed E-state index contributed by atoms with van der Waals surface area (Å²) < 4.78 is 7.32. The van der Waals surface area contributed by atoms with Gasteiger partial charge in [-0.1, -0.05) is 54.6 Å². The summed E-state index contributed by atoms with van der Waals surface area (Å²) >= 11 is 0. The van der Waals surface area contributed by atoms with E-state index in [4.69, 9.17) is 4.42 Å². The molecule has 2 atom stereocenters. The Labute approximate surface area is 333 Å². The van der Waals surface area contributed by atoms with Crippen LogP contribution in [0.2, 0.25) is 0 Å². The Morgan fingerprint density at radius 3 is 2.41 bits per heavy atom. The number of aromatic hydroxyl groups is 1. The summed E-state index contributed by atoms with van der Waals surface area (Å²) in [6.45, 7) is 4.17. The predicted octanol–water partition coefficient (Wildman–Crippen LogP) is 6.58. The summed E-state index contributed by atoms with van der Waals surface area (Å²) in [5.74, 6) is -0.0979. The van der Waals surface area contributed by atoms with Crippen LogP contribution in [0.3, 0.4) is 0 Å². The lowest BCUT2D eigenvalue weighted by Crippen LogP contribution is -2.59. The lowest BCUT2D eigenvalue weighted by atomic mass is 9.82. The number of aromatic nitrogens is 2. The standard InChI is InChI=1S/C44H47N5O7.2FH/c50-38-15-12-33(34-13-16-41(52)46-42(34)38)39(51)26-45-20-17-29-10-14-35-40(25-29)56-44(55)48(35)21-5-4-6-28-9-11-32(30-7-2-1-3-8-30)36(24-28)49(43(53)54)37-27-47-22-18-31(37)19-23-47;;/h1-3,7-16,24-25,31,37,39,45,50-51H,4-6,17-23,26-27H2,(H,46,52)(H,53,54);2*1H/t37-,39+;;/m0../s1. The monoisotopic (exact) mass is 797 g/mol. The van der Waals surface area contributed by atoms with Crippen molar-refractivity contribution in [2.24, 2.45) is 5.92 Å². The molecule has 0 unspecified atom stereocenters. The molecule has 0 spiro atoms. The molecule has 5 heterocycles. The Balaban J connectivity index is 0.00000283. The summed E-state index contributed by atoms with van der Waals surface area (Å²) in [7, 11) is 0. The normalized spacial score (nSPS) is 17.8. The fourth-order valence-corrected chi connectivity index (χ4v) is 8.65. The molecule has 2 aromatic heterocycles. The molecule has 3 aliphatic heterocycles. The van der Waals surface area contributed by atoms with E-state index >= 15 is 0 Å². The maximum Gasteiger partial charge on any atom is 0.419 e. The van der Waals surface area contributed by atoms with Gasteiger partial charge in [0.25, 0.3) is 0 Å². The van der Waals surface area contributed by atoms with E-state index < -0.39 is 18.0 Å². The first-order valence-corrected chi connectivity index (χ1v) is 19.5. The van der Waals surface area contributed by atoms with Crippen LogP contribution in [-0.4, -0.2) is 74.6 Å². The number of carbonyl (C=O) groups is 1. The first kappa shape index (κ1) is 41.8. The van der Waals surface area contributed by atoms with Gasteiger partial charge in [0.2, 0.25) is 5.56 Å². The number of aryl methyl sites for hydroxylation is 2. The van der Waals surface area contributed by atoms with Crippen molar-refractivity contribution in [3.8, 4) is 16.9 Å². The summed E-state index contributed by atoms with van der Waals surface area (Å²) in [4.78, 5) is 44.3. The molecular formula is C44H49F2N5O7. The fourth-order valence-electron chi connectivity index (χ4n) is 8.65. The number of pyridine rings is 1. The van der Waals surface area contributed by atoms with Crippen molar-refractivity contribution < 1.29 is 33.9 Å². The molecule has 0 aliphatic carbocycles. The largest absolute Gasteiger partial charge is 0.506 e. The second-order valence-electron chi connectivity index (χ2n) is 15.1. The van der Waals surface area contributed by atoms with Crippen molar-refractivity contribution in [3.05, 3.63) is 129 Å². The van der Waals surface area contributed by atoms with Crippen LogP contribution in [0, 0.1) is 5.92 Å². The number of phenols is 1. The van der Waals surface area contributed by atoms with E-state index in [-0.39, 0.29) is 33.3 Å². The van der Waals surface area contributed by atoms with Crippen LogP contribution in [0.5, 0.6) is 5.75 Å². The Bertz CT molecular complexity index is 2480. The number of amides is 1. The van der Waals surface area contributed by atoms with Gasteiger partial charge in [0.15, 0.2) is 5.58 Å². The summed E-state index contributed by atoms with van der Waals surface area (Å²) in [5, 5.41) is 35.5. The van der Waals surface area contributed by atoms with Gasteiger partial charge in [0.1, 0.15) is 5.75 Å². The molecule has 1 amide bonds. The van der Waals surface area contributed by atoms with E-state index in [0.29, 0.717) is 47.5 Å². The number of benzene rings is 4. The van der Waals surface area contributed by atoms with Crippen molar-refractivity contribution in [1.29, 1.82) is 0 Å². The number of hydrogen-bond donors (Lipinski definition) is 5. The van der Waals surface area contributed by atoms with Gasteiger partial charge in [-0.15, -0.1) is 0 Å². The van der Waals surface area contributed by atoms with Crippen LogP contribution in [0.15, 0.2) is 105 Å². The highest BCUT2D eigenvalue weighted by atomic mass is 19.0. The number of rotatable bonds is 14. The Kier molecular flexibility index (Phi) is 13.1. The SMILES string of the molecule is F.F.O=C(O)N(c1cc(CCCCn2c(=O)oc3cc(CCNC[C@@H](O)c4ccc(O)c5[nH]c(=O)ccc45)ccc32)ccc1-c1ccccc1)[C@H]1CN2CCC1CC2. The van der Waals surface area contributed by atoms with E-state index in [1.165, 1.54) is 12.1 Å². The number of piperidine rings is 3. The van der Waals surface area contributed by atoms with Gasteiger partial charge in [-0.25, -0.2) is 9.59 Å². The molecule has 14 heteroatoms. The van der Waals surface area contributed by atoms with Gasteiger partial charge in [-0.2, -0.15) is 0 Å². The molecule has 5 N–H and O–H groups in total. The Morgan fingerprint density at radius 2 is 1.67 bits per heavy atom. The molecule has 306 valence electrons. The number of oxazole rings is 1. The lowest BCUT2D eigenvalue weighted by Gasteiger charge is -2.48. The smallest absolute Gasteiger partial charge is 0.419 e. The molecule has 58 heavy (non-hydrogen) atoms. The average molecular weight is 798 g/mol. The van der Waals surface area contributed by atoms with Crippen molar-refractivity contribution >= 4 is 33.8 Å². The van der Waals surface area contributed by atoms with Crippen LogP contribution in [0.4, 0.5) is 19.9 Å². The van der Waals surface area contributed by atoms with Crippen molar-refractivity contribution in [2.45, 2.75) is 57.2 Å². The molecular weight excluding hydrogens is 749 g/mol. The summed E-state index contributed by atoms with van der Waals surface area (Å²) in [6.07, 6.45) is 3.21. The number of nitrogens with zero attached hydrogens (tertiary/aromatic N) is 3. The summed E-state index contributed by atoms with van der Waals surface area (Å²) in [6, 6.07) is 28.0. The quantitative estimate of drug-likeness (QED) is 0.0767. The van der Waals surface area contributed by atoms with Crippen LogP contribution in [0.25, 0.3) is 33.1 Å². The van der Waals surface area contributed by atoms with Crippen LogP contribution in [-0.2, 0) is 19.4 Å². The number of H-pyrrole nitrogens is 1. The zero-order valence-corrected chi connectivity index (χ0v) is 32.0. The minimum absolute atomic E-state index is 0. The Morgan fingerprint density at radius 1 is 0.914 bits per heavy atom. The molecule has 3 aliphatic rings. The van der Waals surface area contributed by atoms with Crippen molar-refractivity contribution in [1.82, 2.24) is 19.8 Å². The van der Waals surface area contributed by atoms with Crippen LogP contribution in [0.1, 0.15) is 48.5 Å². The van der Waals surface area contributed by atoms with Crippen LogP contribution >= 0.6 is 0 Å². The van der Waals surface area contributed by atoms with E-state index in [1.54, 1.807) is 21.6 Å². The van der Waals surface area contributed by atoms with Gasteiger partial charge in [-0.3, -0.25) is 23.7 Å². The number of phenolic OH excluding ortho intramolecular Hbond substituents is 1. The summed E-state index contributed by atoms with van der Waals surface area (Å²) in [5.41, 5.74) is 6.52. The Hall–Kier alpha value is -5.83. The van der Waals surface area contributed by atoms with E-state index in [1.807, 2.05) is 48.5 Å². The number of carboxylic acid groups (broad SMARTS) is 1. The third kappa shape index (κ3) is 8.69. The van der Waals surface area contributed by atoms with Crippen LogP contribution < -0.4 is 21.5 Å². The second kappa shape index (κ2) is 18.2. The molecule has 2 bridgehead atoms. The zero-order chi connectivity index (χ0) is 38.8. The maximum atomic E-state index is 13.0.